The van der Waals surface area contributed by atoms with E-state index in [9.17, 15) is 8.42 Å². The van der Waals surface area contributed by atoms with Crippen LogP contribution in [0.1, 0.15) is 11.7 Å². The van der Waals surface area contributed by atoms with Gasteiger partial charge in [0.25, 0.3) is 0 Å². The average Bonchev–Trinajstić information content (AvgIpc) is 3.14. The predicted molar refractivity (Wildman–Crippen MR) is 103 cm³/mol. The van der Waals surface area contributed by atoms with Gasteiger partial charge in [0.05, 0.1) is 24.2 Å². The van der Waals surface area contributed by atoms with Gasteiger partial charge in [-0.25, -0.2) is 13.1 Å². The van der Waals surface area contributed by atoms with Gasteiger partial charge in [0.1, 0.15) is 13.2 Å². The van der Waals surface area contributed by atoms with Crippen molar-refractivity contribution in [2.45, 2.75) is 10.9 Å². The molecule has 0 amide bonds. The van der Waals surface area contributed by atoms with Crippen molar-refractivity contribution in [1.29, 1.82) is 0 Å². The van der Waals surface area contributed by atoms with Gasteiger partial charge in [-0.3, -0.25) is 4.90 Å². The molecule has 2 aliphatic heterocycles. The maximum atomic E-state index is 12.9. The summed E-state index contributed by atoms with van der Waals surface area (Å²) in [6, 6.07) is 8.62. The molecule has 152 valence electrons. The molecule has 0 radical (unpaired) electrons. The van der Waals surface area contributed by atoms with Crippen LogP contribution in [0.2, 0.25) is 0 Å². The van der Waals surface area contributed by atoms with Gasteiger partial charge < -0.3 is 18.8 Å². The summed E-state index contributed by atoms with van der Waals surface area (Å²) in [6.07, 6.45) is 1.97. The largest absolute Gasteiger partial charge is 0.486 e. The number of nitrogens with zero attached hydrogens (tertiary/aromatic N) is 2. The van der Waals surface area contributed by atoms with Crippen molar-refractivity contribution in [1.82, 2.24) is 14.2 Å². The highest BCUT2D eigenvalue weighted by atomic mass is 32.2. The smallest absolute Gasteiger partial charge is 0.240 e. The Kier molecular flexibility index (Phi) is 5.58. The molecular formula is C19H25N3O5S. The molecule has 1 aromatic heterocycles. The van der Waals surface area contributed by atoms with Crippen molar-refractivity contribution in [3.05, 3.63) is 42.2 Å². The van der Waals surface area contributed by atoms with E-state index in [-0.39, 0.29) is 17.5 Å². The lowest BCUT2D eigenvalue weighted by atomic mass is 10.1. The van der Waals surface area contributed by atoms with Crippen LogP contribution in [0.5, 0.6) is 11.5 Å². The number of hydrogen-bond donors (Lipinski definition) is 1. The fourth-order valence-electron chi connectivity index (χ4n) is 3.59. The number of nitrogens with one attached hydrogen (secondary N) is 1. The quantitative estimate of drug-likeness (QED) is 0.774. The Morgan fingerprint density at radius 3 is 2.54 bits per heavy atom. The van der Waals surface area contributed by atoms with Crippen molar-refractivity contribution < 1.29 is 22.6 Å². The Morgan fingerprint density at radius 2 is 1.82 bits per heavy atom. The molecular weight excluding hydrogens is 382 g/mol. The summed E-state index contributed by atoms with van der Waals surface area (Å²) < 4.78 is 47.0. The van der Waals surface area contributed by atoms with Crippen LogP contribution in [0.3, 0.4) is 0 Å². The summed E-state index contributed by atoms with van der Waals surface area (Å²) in [5, 5.41) is 0. The van der Waals surface area contributed by atoms with Crippen molar-refractivity contribution in [3.8, 4) is 11.5 Å². The van der Waals surface area contributed by atoms with Crippen LogP contribution in [-0.4, -0.2) is 63.9 Å². The lowest BCUT2D eigenvalue weighted by Crippen LogP contribution is -2.44. The van der Waals surface area contributed by atoms with Crippen molar-refractivity contribution in [2.75, 3.05) is 46.1 Å². The fraction of sp³-hybridized carbons (Fsp3) is 0.474. The van der Waals surface area contributed by atoms with E-state index < -0.39 is 10.0 Å². The third-order valence-corrected chi connectivity index (χ3v) is 6.52. The Bertz CT molecular complexity index is 921. The molecule has 3 heterocycles. The van der Waals surface area contributed by atoms with Crippen LogP contribution in [0.15, 0.2) is 41.4 Å². The third kappa shape index (κ3) is 4.02. The first-order valence-corrected chi connectivity index (χ1v) is 10.9. The molecule has 9 heteroatoms. The lowest BCUT2D eigenvalue weighted by Gasteiger charge is -2.34. The highest BCUT2D eigenvalue weighted by Crippen LogP contribution is 2.32. The minimum Gasteiger partial charge on any atom is -0.486 e. The number of fused-ring (bicyclic) bond motifs is 1. The SMILES string of the molecule is Cn1cccc1C(CNS(=O)(=O)c1ccc2c(c1)OCCO2)N1CCOCC1. The number of morpholine rings is 1. The molecule has 1 aromatic carbocycles. The number of aryl methyl sites for hydroxylation is 1. The number of benzene rings is 1. The number of ether oxygens (including phenoxy) is 3. The summed E-state index contributed by atoms with van der Waals surface area (Å²) in [7, 11) is -1.71. The van der Waals surface area contributed by atoms with Crippen LogP contribution in [-0.2, 0) is 21.8 Å². The second-order valence-corrected chi connectivity index (χ2v) is 8.63. The number of sulfonamides is 1. The molecule has 8 nitrogen and oxygen atoms in total. The maximum Gasteiger partial charge on any atom is 0.240 e. The van der Waals surface area contributed by atoms with Gasteiger partial charge in [0, 0.05) is 44.6 Å². The molecule has 1 N–H and O–H groups in total. The number of hydrogen-bond acceptors (Lipinski definition) is 6. The first kappa shape index (κ1) is 19.3. The van der Waals surface area contributed by atoms with Gasteiger partial charge in [-0.05, 0) is 24.3 Å². The van der Waals surface area contributed by atoms with Gasteiger partial charge in [0.2, 0.25) is 10.0 Å². The van der Waals surface area contributed by atoms with Crippen molar-refractivity contribution >= 4 is 10.0 Å². The summed E-state index contributed by atoms with van der Waals surface area (Å²) >= 11 is 0. The van der Waals surface area contributed by atoms with Crippen LogP contribution in [0, 0.1) is 0 Å². The van der Waals surface area contributed by atoms with Crippen LogP contribution in [0.25, 0.3) is 0 Å². The molecule has 2 aromatic rings. The summed E-state index contributed by atoms with van der Waals surface area (Å²) in [5.74, 6) is 1.03. The molecule has 2 aliphatic rings. The minimum absolute atomic E-state index is 0.0733. The third-order valence-electron chi connectivity index (χ3n) is 5.10. The zero-order valence-electron chi connectivity index (χ0n) is 15.8. The minimum atomic E-state index is -3.68. The molecule has 0 aliphatic carbocycles. The van der Waals surface area contributed by atoms with Crippen LogP contribution >= 0.6 is 0 Å². The van der Waals surface area contributed by atoms with Gasteiger partial charge in [0.15, 0.2) is 11.5 Å². The molecule has 0 bridgehead atoms. The van der Waals surface area contributed by atoms with E-state index >= 15 is 0 Å². The number of aromatic nitrogens is 1. The van der Waals surface area contributed by atoms with Crippen LogP contribution < -0.4 is 14.2 Å². The monoisotopic (exact) mass is 407 g/mol. The van der Waals surface area contributed by atoms with Crippen LogP contribution in [0.4, 0.5) is 0 Å². The van der Waals surface area contributed by atoms with E-state index in [0.29, 0.717) is 37.9 Å². The van der Waals surface area contributed by atoms with Gasteiger partial charge in [-0.2, -0.15) is 0 Å². The zero-order valence-corrected chi connectivity index (χ0v) is 16.7. The van der Waals surface area contributed by atoms with E-state index in [1.165, 1.54) is 6.07 Å². The number of rotatable bonds is 6. The highest BCUT2D eigenvalue weighted by molar-refractivity contribution is 7.89. The Hall–Kier alpha value is -2.07. The Balaban J connectivity index is 1.53. The Morgan fingerprint density at radius 1 is 1.07 bits per heavy atom. The van der Waals surface area contributed by atoms with E-state index in [1.807, 2.05) is 29.9 Å². The van der Waals surface area contributed by atoms with E-state index in [1.54, 1.807) is 12.1 Å². The predicted octanol–water partition coefficient (Wildman–Crippen LogP) is 1.15. The second kappa shape index (κ2) is 8.12. The van der Waals surface area contributed by atoms with E-state index in [4.69, 9.17) is 14.2 Å². The molecule has 4 rings (SSSR count). The maximum absolute atomic E-state index is 12.9. The molecule has 1 fully saturated rings. The van der Waals surface area contributed by atoms with Crippen molar-refractivity contribution in [3.63, 3.8) is 0 Å². The zero-order chi connectivity index (χ0) is 19.6. The molecule has 1 atom stereocenters. The first-order valence-electron chi connectivity index (χ1n) is 9.37. The second-order valence-electron chi connectivity index (χ2n) is 6.87. The fourth-order valence-corrected chi connectivity index (χ4v) is 4.65. The Labute approximate surface area is 165 Å². The van der Waals surface area contributed by atoms with Crippen molar-refractivity contribution in [2.24, 2.45) is 7.05 Å². The first-order chi connectivity index (χ1) is 13.5. The van der Waals surface area contributed by atoms with E-state index in [2.05, 4.69) is 9.62 Å². The standard InChI is InChI=1S/C19H25N3O5S/c1-21-6-2-3-16(21)17(22-7-9-25-10-8-22)14-20-28(23,24)15-4-5-18-19(13-15)27-12-11-26-18/h2-6,13,17,20H,7-12,14H2,1H3. The molecule has 0 saturated carbocycles. The van der Waals surface area contributed by atoms with Gasteiger partial charge >= 0.3 is 0 Å². The summed E-state index contributed by atoms with van der Waals surface area (Å²) in [4.78, 5) is 2.43. The lowest BCUT2D eigenvalue weighted by molar-refractivity contribution is 0.0158. The van der Waals surface area contributed by atoms with E-state index in [0.717, 1.165) is 18.8 Å². The highest BCUT2D eigenvalue weighted by Gasteiger charge is 2.27. The molecule has 1 unspecified atom stereocenters. The molecule has 28 heavy (non-hydrogen) atoms. The molecule has 1 saturated heterocycles. The van der Waals surface area contributed by atoms with Gasteiger partial charge in [-0.1, -0.05) is 0 Å². The summed E-state index contributed by atoms with van der Waals surface area (Å²) in [5.41, 5.74) is 1.06. The average molecular weight is 407 g/mol. The molecule has 0 spiro atoms. The summed E-state index contributed by atoms with van der Waals surface area (Å²) in [6.45, 7) is 3.98. The van der Waals surface area contributed by atoms with Gasteiger partial charge in [-0.15, -0.1) is 0 Å². The normalized spacial score (nSPS) is 18.8. The topological polar surface area (TPSA) is 82.0 Å².